The van der Waals surface area contributed by atoms with Crippen molar-refractivity contribution in [2.24, 2.45) is 0 Å². The lowest BCUT2D eigenvalue weighted by Crippen LogP contribution is -2.01. The first-order chi connectivity index (χ1) is 8.58. The molecule has 2 aromatic rings. The van der Waals surface area contributed by atoms with Gasteiger partial charge in [0.15, 0.2) is 0 Å². The number of anilines is 1. The van der Waals surface area contributed by atoms with Crippen molar-refractivity contribution in [1.29, 1.82) is 0 Å². The molecular weight excluding hydrogens is 358 g/mol. The predicted molar refractivity (Wildman–Crippen MR) is 81.8 cm³/mol. The molecule has 0 saturated carbocycles. The van der Waals surface area contributed by atoms with Gasteiger partial charge in [0.2, 0.25) is 0 Å². The Morgan fingerprint density at radius 1 is 1.28 bits per heavy atom. The number of rotatable bonds is 4. The number of nitrogens with one attached hydrogen (secondary N) is 1. The molecule has 0 unspecified atom stereocenters. The average molecular weight is 373 g/mol. The smallest absolute Gasteiger partial charge is 0.0631 e. The second-order valence-corrected chi connectivity index (χ2v) is 6.08. The SMILES string of the molecule is CC(C)n1cc(CNc2c(Br)cccc2Br)cn1. The van der Waals surface area contributed by atoms with Crippen LogP contribution in [0.4, 0.5) is 5.69 Å². The Bertz CT molecular complexity index is 515. The number of hydrogen-bond donors (Lipinski definition) is 1. The maximum Gasteiger partial charge on any atom is 0.0631 e. The van der Waals surface area contributed by atoms with E-state index in [9.17, 15) is 0 Å². The van der Waals surface area contributed by atoms with Crippen LogP contribution in [-0.2, 0) is 6.54 Å². The summed E-state index contributed by atoms with van der Waals surface area (Å²) in [4.78, 5) is 0. The van der Waals surface area contributed by atoms with Gasteiger partial charge in [-0.2, -0.15) is 5.10 Å². The average Bonchev–Trinajstić information content (AvgIpc) is 2.77. The third kappa shape index (κ3) is 3.14. The number of nitrogens with zero attached hydrogens (tertiary/aromatic N) is 2. The molecule has 1 aromatic carbocycles. The molecule has 0 aliphatic carbocycles. The molecule has 0 atom stereocenters. The summed E-state index contributed by atoms with van der Waals surface area (Å²) in [6.45, 7) is 5.00. The molecule has 0 bridgehead atoms. The summed E-state index contributed by atoms with van der Waals surface area (Å²) in [6.07, 6.45) is 3.97. The lowest BCUT2D eigenvalue weighted by atomic mass is 10.3. The molecule has 0 radical (unpaired) electrons. The molecule has 0 fully saturated rings. The second-order valence-electron chi connectivity index (χ2n) is 4.37. The first-order valence-electron chi connectivity index (χ1n) is 5.79. The molecule has 0 saturated heterocycles. The summed E-state index contributed by atoms with van der Waals surface area (Å²) in [5.41, 5.74) is 2.24. The van der Waals surface area contributed by atoms with Crippen LogP contribution < -0.4 is 5.32 Å². The van der Waals surface area contributed by atoms with Crippen LogP contribution in [0.5, 0.6) is 0 Å². The molecule has 1 aromatic heterocycles. The minimum absolute atomic E-state index is 0.397. The second kappa shape index (κ2) is 5.89. The van der Waals surface area contributed by atoms with Crippen molar-refractivity contribution in [2.75, 3.05) is 5.32 Å². The first-order valence-corrected chi connectivity index (χ1v) is 7.37. The Balaban J connectivity index is 2.07. The van der Waals surface area contributed by atoms with E-state index >= 15 is 0 Å². The summed E-state index contributed by atoms with van der Waals surface area (Å²) in [7, 11) is 0. The molecule has 96 valence electrons. The maximum atomic E-state index is 4.33. The third-order valence-electron chi connectivity index (χ3n) is 2.62. The van der Waals surface area contributed by atoms with E-state index in [0.29, 0.717) is 6.04 Å². The van der Waals surface area contributed by atoms with Gasteiger partial charge in [-0.1, -0.05) is 6.07 Å². The van der Waals surface area contributed by atoms with E-state index in [0.717, 1.165) is 21.2 Å². The topological polar surface area (TPSA) is 29.9 Å². The molecule has 0 aliphatic heterocycles. The Kier molecular flexibility index (Phi) is 4.45. The van der Waals surface area contributed by atoms with Crippen molar-refractivity contribution in [3.05, 3.63) is 45.1 Å². The van der Waals surface area contributed by atoms with Gasteiger partial charge in [0.25, 0.3) is 0 Å². The molecule has 5 heteroatoms. The van der Waals surface area contributed by atoms with Gasteiger partial charge in [-0.15, -0.1) is 0 Å². The van der Waals surface area contributed by atoms with Gasteiger partial charge in [0.1, 0.15) is 0 Å². The summed E-state index contributed by atoms with van der Waals surface area (Å²) in [5, 5.41) is 7.73. The highest BCUT2D eigenvalue weighted by atomic mass is 79.9. The normalized spacial score (nSPS) is 10.9. The van der Waals surface area contributed by atoms with Crippen LogP contribution in [-0.4, -0.2) is 9.78 Å². The molecule has 3 nitrogen and oxygen atoms in total. The summed E-state index contributed by atoms with van der Waals surface area (Å²) < 4.78 is 4.06. The van der Waals surface area contributed by atoms with Crippen LogP contribution in [0.2, 0.25) is 0 Å². The molecule has 0 amide bonds. The fourth-order valence-electron chi connectivity index (χ4n) is 1.61. The van der Waals surface area contributed by atoms with Crippen molar-refractivity contribution < 1.29 is 0 Å². The van der Waals surface area contributed by atoms with Crippen molar-refractivity contribution in [1.82, 2.24) is 9.78 Å². The van der Waals surface area contributed by atoms with E-state index in [2.05, 4.69) is 62.3 Å². The number of benzene rings is 1. The molecular formula is C13H15Br2N3. The van der Waals surface area contributed by atoms with Gasteiger partial charge < -0.3 is 5.32 Å². The van der Waals surface area contributed by atoms with E-state index in [4.69, 9.17) is 0 Å². The minimum Gasteiger partial charge on any atom is -0.379 e. The van der Waals surface area contributed by atoms with Crippen LogP contribution in [0, 0.1) is 0 Å². The maximum absolute atomic E-state index is 4.33. The lowest BCUT2D eigenvalue weighted by molar-refractivity contribution is 0.532. The number of halogens is 2. The zero-order valence-corrected chi connectivity index (χ0v) is 13.5. The van der Waals surface area contributed by atoms with E-state index in [-0.39, 0.29) is 0 Å². The van der Waals surface area contributed by atoms with Crippen LogP contribution in [0.1, 0.15) is 25.5 Å². The van der Waals surface area contributed by atoms with Gasteiger partial charge >= 0.3 is 0 Å². The van der Waals surface area contributed by atoms with Crippen molar-refractivity contribution in [3.63, 3.8) is 0 Å². The standard InChI is InChI=1S/C13H15Br2N3/c1-9(2)18-8-10(7-17-18)6-16-13-11(14)4-3-5-12(13)15/h3-5,7-9,16H,6H2,1-2H3. The number of para-hydroxylation sites is 1. The van der Waals surface area contributed by atoms with E-state index in [1.807, 2.05) is 29.1 Å². The Morgan fingerprint density at radius 2 is 1.94 bits per heavy atom. The monoisotopic (exact) mass is 371 g/mol. The van der Waals surface area contributed by atoms with Gasteiger partial charge in [0.05, 0.1) is 11.9 Å². The molecule has 2 rings (SSSR count). The van der Waals surface area contributed by atoms with Crippen LogP contribution in [0.25, 0.3) is 0 Å². The van der Waals surface area contributed by atoms with E-state index < -0.39 is 0 Å². The van der Waals surface area contributed by atoms with Gasteiger partial charge in [-0.05, 0) is 57.8 Å². The fraction of sp³-hybridized carbons (Fsp3) is 0.308. The van der Waals surface area contributed by atoms with Gasteiger partial charge in [-0.3, -0.25) is 4.68 Å². The quantitative estimate of drug-likeness (QED) is 0.849. The molecule has 1 N–H and O–H groups in total. The fourth-order valence-corrected chi connectivity index (χ4v) is 2.89. The third-order valence-corrected chi connectivity index (χ3v) is 3.94. The first kappa shape index (κ1) is 13.6. The van der Waals surface area contributed by atoms with Crippen molar-refractivity contribution >= 4 is 37.5 Å². The zero-order valence-electron chi connectivity index (χ0n) is 10.3. The zero-order chi connectivity index (χ0) is 13.1. The molecule has 1 heterocycles. The largest absolute Gasteiger partial charge is 0.379 e. The Morgan fingerprint density at radius 3 is 2.50 bits per heavy atom. The van der Waals surface area contributed by atoms with Crippen molar-refractivity contribution in [2.45, 2.75) is 26.4 Å². The van der Waals surface area contributed by atoms with Crippen LogP contribution in [0.15, 0.2) is 39.5 Å². The summed E-state index contributed by atoms with van der Waals surface area (Å²) >= 11 is 7.07. The van der Waals surface area contributed by atoms with E-state index in [1.54, 1.807) is 0 Å². The van der Waals surface area contributed by atoms with Gasteiger partial charge in [0, 0.05) is 33.3 Å². The lowest BCUT2D eigenvalue weighted by Gasteiger charge is -2.09. The molecule has 0 spiro atoms. The number of aromatic nitrogens is 2. The number of hydrogen-bond acceptors (Lipinski definition) is 2. The Hall–Kier alpha value is -0.810. The molecule has 18 heavy (non-hydrogen) atoms. The Labute approximate surface area is 124 Å². The van der Waals surface area contributed by atoms with Gasteiger partial charge in [-0.25, -0.2) is 0 Å². The highest BCUT2D eigenvalue weighted by molar-refractivity contribution is 9.11. The highest BCUT2D eigenvalue weighted by Gasteiger charge is 2.05. The summed E-state index contributed by atoms with van der Waals surface area (Å²) in [5.74, 6) is 0. The molecule has 0 aliphatic rings. The van der Waals surface area contributed by atoms with E-state index in [1.165, 1.54) is 5.56 Å². The van der Waals surface area contributed by atoms with Crippen LogP contribution in [0.3, 0.4) is 0 Å². The highest BCUT2D eigenvalue weighted by Crippen LogP contribution is 2.30. The summed E-state index contributed by atoms with van der Waals surface area (Å²) in [6, 6.07) is 6.43. The predicted octanol–water partition coefficient (Wildman–Crippen LogP) is 4.60. The van der Waals surface area contributed by atoms with Crippen molar-refractivity contribution in [3.8, 4) is 0 Å². The van der Waals surface area contributed by atoms with Crippen LogP contribution >= 0.6 is 31.9 Å². The minimum atomic E-state index is 0.397.